The van der Waals surface area contributed by atoms with Gasteiger partial charge in [0.1, 0.15) is 5.82 Å². The molecule has 0 radical (unpaired) electrons. The van der Waals surface area contributed by atoms with Gasteiger partial charge in [0, 0.05) is 24.5 Å². The van der Waals surface area contributed by atoms with Gasteiger partial charge in [-0.05, 0) is 30.4 Å². The first-order chi connectivity index (χ1) is 9.69. The molecule has 0 saturated heterocycles. The van der Waals surface area contributed by atoms with Gasteiger partial charge >= 0.3 is 0 Å². The average molecular weight is 275 g/mol. The second kappa shape index (κ2) is 5.37. The van der Waals surface area contributed by atoms with Crippen molar-refractivity contribution in [2.24, 2.45) is 11.8 Å². The van der Waals surface area contributed by atoms with Crippen LogP contribution in [0.25, 0.3) is 0 Å². The van der Waals surface area contributed by atoms with Crippen LogP contribution in [0.15, 0.2) is 36.4 Å². The smallest absolute Gasteiger partial charge is 0.224 e. The molecular weight excluding hydrogens is 257 g/mol. The minimum absolute atomic E-state index is 0.00141. The number of aliphatic hydroxyl groups excluding tert-OH is 1. The SMILES string of the molecule is O=C(N[C@@H]1C=C[C@H](CO)C1)C1CC1c1ccccc1F. The molecule has 3 nitrogen and oxygen atoms in total. The van der Waals surface area contributed by atoms with Crippen LogP contribution in [0.4, 0.5) is 4.39 Å². The minimum Gasteiger partial charge on any atom is -0.396 e. The second-order valence-electron chi connectivity index (χ2n) is 5.65. The molecule has 2 aliphatic carbocycles. The van der Waals surface area contributed by atoms with Crippen molar-refractivity contribution in [3.63, 3.8) is 0 Å². The van der Waals surface area contributed by atoms with Gasteiger partial charge in [0.05, 0.1) is 0 Å². The van der Waals surface area contributed by atoms with Crippen LogP contribution in [0.5, 0.6) is 0 Å². The average Bonchev–Trinajstić information content (AvgIpc) is 3.12. The summed E-state index contributed by atoms with van der Waals surface area (Å²) in [5, 5.41) is 12.0. The Kier molecular flexibility index (Phi) is 3.57. The van der Waals surface area contributed by atoms with Crippen LogP contribution in [0, 0.1) is 17.7 Å². The molecule has 1 fully saturated rings. The Morgan fingerprint density at radius 3 is 2.80 bits per heavy atom. The normalized spacial score (nSPS) is 31.3. The van der Waals surface area contributed by atoms with Gasteiger partial charge in [0.25, 0.3) is 0 Å². The topological polar surface area (TPSA) is 49.3 Å². The molecule has 0 aromatic heterocycles. The fourth-order valence-corrected chi connectivity index (χ4v) is 2.91. The molecule has 20 heavy (non-hydrogen) atoms. The van der Waals surface area contributed by atoms with E-state index in [9.17, 15) is 9.18 Å². The van der Waals surface area contributed by atoms with E-state index < -0.39 is 0 Å². The predicted molar refractivity (Wildman–Crippen MR) is 73.5 cm³/mol. The Balaban J connectivity index is 1.56. The highest BCUT2D eigenvalue weighted by atomic mass is 19.1. The fourth-order valence-electron chi connectivity index (χ4n) is 2.91. The fraction of sp³-hybridized carbons (Fsp3) is 0.438. The number of benzene rings is 1. The van der Waals surface area contributed by atoms with Crippen LogP contribution >= 0.6 is 0 Å². The summed E-state index contributed by atoms with van der Waals surface area (Å²) >= 11 is 0. The first kappa shape index (κ1) is 13.3. The van der Waals surface area contributed by atoms with Crippen LogP contribution in [0.1, 0.15) is 24.3 Å². The molecule has 2 aliphatic rings. The molecule has 0 heterocycles. The number of aliphatic hydroxyl groups is 1. The summed E-state index contributed by atoms with van der Waals surface area (Å²) in [5.41, 5.74) is 0.642. The third-order valence-electron chi connectivity index (χ3n) is 4.17. The lowest BCUT2D eigenvalue weighted by molar-refractivity contribution is -0.122. The number of amides is 1. The van der Waals surface area contributed by atoms with Crippen LogP contribution in [0.2, 0.25) is 0 Å². The van der Waals surface area contributed by atoms with Crippen molar-refractivity contribution in [3.8, 4) is 0 Å². The van der Waals surface area contributed by atoms with Crippen molar-refractivity contribution >= 4 is 5.91 Å². The van der Waals surface area contributed by atoms with Crippen molar-refractivity contribution in [3.05, 3.63) is 47.8 Å². The van der Waals surface area contributed by atoms with E-state index in [-0.39, 0.29) is 42.1 Å². The summed E-state index contributed by atoms with van der Waals surface area (Å²) in [6.45, 7) is 0.115. The van der Waals surface area contributed by atoms with Crippen molar-refractivity contribution in [2.75, 3.05) is 6.61 Å². The Morgan fingerprint density at radius 2 is 2.10 bits per heavy atom. The summed E-state index contributed by atoms with van der Waals surface area (Å²) < 4.78 is 13.6. The van der Waals surface area contributed by atoms with Gasteiger partial charge in [-0.15, -0.1) is 0 Å². The lowest BCUT2D eigenvalue weighted by Crippen LogP contribution is -2.34. The van der Waals surface area contributed by atoms with Crippen LogP contribution in [-0.2, 0) is 4.79 Å². The van der Waals surface area contributed by atoms with E-state index in [0.29, 0.717) is 12.0 Å². The molecule has 0 bridgehead atoms. The van der Waals surface area contributed by atoms with Crippen molar-refractivity contribution in [1.29, 1.82) is 0 Å². The zero-order chi connectivity index (χ0) is 14.1. The molecule has 1 aromatic carbocycles. The van der Waals surface area contributed by atoms with E-state index in [2.05, 4.69) is 5.32 Å². The van der Waals surface area contributed by atoms with Crippen LogP contribution < -0.4 is 5.32 Å². The molecule has 1 saturated carbocycles. The molecule has 1 aromatic rings. The Morgan fingerprint density at radius 1 is 1.30 bits per heavy atom. The van der Waals surface area contributed by atoms with Gasteiger partial charge in [-0.25, -0.2) is 4.39 Å². The quantitative estimate of drug-likeness (QED) is 0.826. The molecule has 0 spiro atoms. The zero-order valence-electron chi connectivity index (χ0n) is 11.1. The van der Waals surface area contributed by atoms with E-state index >= 15 is 0 Å². The standard InChI is InChI=1S/C16H18FNO2/c17-15-4-2-1-3-12(15)13-8-14(13)16(20)18-11-6-5-10(7-11)9-19/h1-6,10-11,13-14,19H,7-9H2,(H,18,20)/t10-,11+,13?,14?/m0/s1. The maximum absolute atomic E-state index is 13.6. The van der Waals surface area contributed by atoms with Crippen LogP contribution in [0.3, 0.4) is 0 Å². The highest BCUT2D eigenvalue weighted by Gasteiger charge is 2.45. The number of carbonyl (C=O) groups is 1. The van der Waals surface area contributed by atoms with Gasteiger partial charge in [0.2, 0.25) is 5.91 Å². The van der Waals surface area contributed by atoms with Crippen molar-refractivity contribution in [1.82, 2.24) is 5.32 Å². The van der Waals surface area contributed by atoms with Gasteiger partial charge in [0.15, 0.2) is 0 Å². The number of halogens is 1. The highest BCUT2D eigenvalue weighted by Crippen LogP contribution is 2.48. The summed E-state index contributed by atoms with van der Waals surface area (Å²) in [6, 6.07) is 6.66. The first-order valence-electron chi connectivity index (χ1n) is 7.03. The van der Waals surface area contributed by atoms with E-state index in [1.54, 1.807) is 18.2 Å². The van der Waals surface area contributed by atoms with E-state index in [1.807, 2.05) is 12.2 Å². The number of rotatable bonds is 4. The van der Waals surface area contributed by atoms with E-state index in [4.69, 9.17) is 5.11 Å². The molecular formula is C16H18FNO2. The maximum Gasteiger partial charge on any atom is 0.224 e. The number of carbonyl (C=O) groups excluding carboxylic acids is 1. The number of hydrogen-bond donors (Lipinski definition) is 2. The Hall–Kier alpha value is -1.68. The van der Waals surface area contributed by atoms with Crippen LogP contribution in [-0.4, -0.2) is 23.7 Å². The molecule has 0 aliphatic heterocycles. The summed E-state index contributed by atoms with van der Waals surface area (Å²) in [5.74, 6) is -0.203. The largest absolute Gasteiger partial charge is 0.396 e. The third kappa shape index (κ3) is 2.61. The van der Waals surface area contributed by atoms with E-state index in [0.717, 1.165) is 6.42 Å². The van der Waals surface area contributed by atoms with Gasteiger partial charge in [-0.2, -0.15) is 0 Å². The summed E-state index contributed by atoms with van der Waals surface area (Å²) in [6.07, 6.45) is 5.33. The number of nitrogens with one attached hydrogen (secondary N) is 1. The summed E-state index contributed by atoms with van der Waals surface area (Å²) in [4.78, 5) is 12.1. The molecule has 2 N–H and O–H groups in total. The monoisotopic (exact) mass is 275 g/mol. The molecule has 106 valence electrons. The number of hydrogen-bond acceptors (Lipinski definition) is 2. The predicted octanol–water partition coefficient (Wildman–Crippen LogP) is 1.98. The van der Waals surface area contributed by atoms with Crippen molar-refractivity contribution in [2.45, 2.75) is 24.8 Å². The van der Waals surface area contributed by atoms with Gasteiger partial charge in [-0.1, -0.05) is 30.4 Å². The second-order valence-corrected chi connectivity index (χ2v) is 5.65. The van der Waals surface area contributed by atoms with Crippen molar-refractivity contribution < 1.29 is 14.3 Å². The third-order valence-corrected chi connectivity index (χ3v) is 4.17. The van der Waals surface area contributed by atoms with Gasteiger partial charge in [-0.3, -0.25) is 4.79 Å². The zero-order valence-corrected chi connectivity index (χ0v) is 11.1. The summed E-state index contributed by atoms with van der Waals surface area (Å²) in [7, 11) is 0. The Labute approximate surface area is 117 Å². The molecule has 4 atom stereocenters. The highest BCUT2D eigenvalue weighted by molar-refractivity contribution is 5.83. The maximum atomic E-state index is 13.6. The van der Waals surface area contributed by atoms with Gasteiger partial charge < -0.3 is 10.4 Å². The minimum atomic E-state index is -0.228. The lowest BCUT2D eigenvalue weighted by Gasteiger charge is -2.12. The van der Waals surface area contributed by atoms with E-state index in [1.165, 1.54) is 6.07 Å². The molecule has 2 unspecified atom stereocenters. The first-order valence-corrected chi connectivity index (χ1v) is 7.03. The lowest BCUT2D eigenvalue weighted by atomic mass is 10.1. The molecule has 4 heteroatoms. The Bertz CT molecular complexity index is 543. The molecule has 3 rings (SSSR count). The molecule has 1 amide bonds.